The van der Waals surface area contributed by atoms with Crippen LogP contribution in [-0.4, -0.2) is 60.0 Å². The number of likely N-dealkylation sites (tertiary alicyclic amines) is 1. The second kappa shape index (κ2) is 9.28. The molecule has 1 aromatic carbocycles. The summed E-state index contributed by atoms with van der Waals surface area (Å²) in [5.41, 5.74) is 0.703. The number of amides is 3. The van der Waals surface area contributed by atoms with E-state index in [1.165, 1.54) is 0 Å². The van der Waals surface area contributed by atoms with Crippen molar-refractivity contribution in [2.45, 2.75) is 52.6 Å². The number of rotatable bonds is 5. The van der Waals surface area contributed by atoms with Crippen LogP contribution in [0, 0.1) is 17.8 Å². The highest BCUT2D eigenvalue weighted by Crippen LogP contribution is 2.38. The lowest BCUT2D eigenvalue weighted by Crippen LogP contribution is -2.45. The average Bonchev–Trinajstić information content (AvgIpc) is 3.43. The molecule has 0 bridgehead atoms. The minimum absolute atomic E-state index is 0.0281. The highest BCUT2D eigenvalue weighted by molar-refractivity contribution is 5.98. The Kier molecular flexibility index (Phi) is 6.92. The number of ether oxygens (including phenoxy) is 1. The van der Waals surface area contributed by atoms with Gasteiger partial charge < -0.3 is 19.9 Å². The van der Waals surface area contributed by atoms with Crippen LogP contribution in [0.2, 0.25) is 0 Å². The lowest BCUT2D eigenvalue weighted by atomic mass is 9.97. The molecule has 1 saturated heterocycles. The van der Waals surface area contributed by atoms with E-state index in [9.17, 15) is 14.4 Å². The summed E-state index contributed by atoms with van der Waals surface area (Å²) < 4.78 is 5.43. The molecule has 1 aromatic rings. The molecular formula is C24H35N3O4. The summed E-state index contributed by atoms with van der Waals surface area (Å²) in [4.78, 5) is 41.0. The minimum atomic E-state index is -0.530. The van der Waals surface area contributed by atoms with E-state index in [4.69, 9.17) is 4.74 Å². The Labute approximate surface area is 185 Å². The van der Waals surface area contributed by atoms with Gasteiger partial charge in [-0.2, -0.15) is 0 Å². The van der Waals surface area contributed by atoms with Gasteiger partial charge >= 0.3 is 6.09 Å². The predicted molar refractivity (Wildman–Crippen MR) is 120 cm³/mol. The van der Waals surface area contributed by atoms with Gasteiger partial charge in [0, 0.05) is 43.9 Å². The SMILES string of the molecule is CC1CC1C(=O)Nc1cccc(C(=O)N2CCCC(CN(C)C(=O)OC(C)(C)C)C2)c1. The molecule has 1 aliphatic heterocycles. The first-order valence-corrected chi connectivity index (χ1v) is 11.2. The van der Waals surface area contributed by atoms with E-state index >= 15 is 0 Å². The topological polar surface area (TPSA) is 79.0 Å². The predicted octanol–water partition coefficient (Wildman–Crippen LogP) is 4.00. The number of hydrogen-bond donors (Lipinski definition) is 1. The first kappa shape index (κ1) is 23.1. The third-order valence-electron chi connectivity index (χ3n) is 5.87. The fourth-order valence-electron chi connectivity index (χ4n) is 4.04. The number of anilines is 1. The van der Waals surface area contributed by atoms with Gasteiger partial charge in [-0.05, 0) is 70.1 Å². The van der Waals surface area contributed by atoms with E-state index in [1.54, 1.807) is 30.1 Å². The van der Waals surface area contributed by atoms with Gasteiger partial charge in [-0.3, -0.25) is 9.59 Å². The fraction of sp³-hybridized carbons (Fsp3) is 0.625. The van der Waals surface area contributed by atoms with Crippen molar-refractivity contribution in [1.29, 1.82) is 0 Å². The highest BCUT2D eigenvalue weighted by Gasteiger charge is 2.39. The molecule has 7 nitrogen and oxygen atoms in total. The van der Waals surface area contributed by atoms with Crippen LogP contribution in [0.15, 0.2) is 24.3 Å². The molecule has 3 rings (SSSR count). The largest absolute Gasteiger partial charge is 0.444 e. The van der Waals surface area contributed by atoms with Gasteiger partial charge in [-0.1, -0.05) is 13.0 Å². The monoisotopic (exact) mass is 429 g/mol. The Morgan fingerprint density at radius 3 is 2.61 bits per heavy atom. The summed E-state index contributed by atoms with van der Waals surface area (Å²) in [6, 6.07) is 7.16. The van der Waals surface area contributed by atoms with Crippen molar-refractivity contribution in [2.75, 3.05) is 32.0 Å². The van der Waals surface area contributed by atoms with E-state index in [2.05, 4.69) is 12.2 Å². The van der Waals surface area contributed by atoms with Crippen LogP contribution in [0.5, 0.6) is 0 Å². The van der Waals surface area contributed by atoms with Crippen LogP contribution >= 0.6 is 0 Å². The quantitative estimate of drug-likeness (QED) is 0.767. The third-order valence-corrected chi connectivity index (χ3v) is 5.87. The van der Waals surface area contributed by atoms with Gasteiger partial charge in [0.2, 0.25) is 5.91 Å². The molecule has 31 heavy (non-hydrogen) atoms. The van der Waals surface area contributed by atoms with Crippen LogP contribution in [0.4, 0.5) is 10.5 Å². The summed E-state index contributed by atoms with van der Waals surface area (Å²) in [5, 5.41) is 2.93. The molecule has 2 fully saturated rings. The van der Waals surface area contributed by atoms with Crippen LogP contribution in [0.1, 0.15) is 57.3 Å². The lowest BCUT2D eigenvalue weighted by molar-refractivity contribution is -0.117. The van der Waals surface area contributed by atoms with E-state index in [-0.39, 0.29) is 29.7 Å². The van der Waals surface area contributed by atoms with E-state index in [0.717, 1.165) is 19.3 Å². The molecule has 3 amide bonds. The molecule has 3 atom stereocenters. The Balaban J connectivity index is 1.57. The van der Waals surface area contributed by atoms with Crippen LogP contribution < -0.4 is 5.32 Å². The molecular weight excluding hydrogens is 394 g/mol. The van der Waals surface area contributed by atoms with Crippen molar-refractivity contribution in [3.63, 3.8) is 0 Å². The number of benzene rings is 1. The fourth-order valence-corrected chi connectivity index (χ4v) is 4.04. The molecule has 1 N–H and O–H groups in total. The third kappa shape index (κ3) is 6.45. The summed E-state index contributed by atoms with van der Waals surface area (Å²) in [6.45, 7) is 9.46. The van der Waals surface area contributed by atoms with Crippen LogP contribution in [0.25, 0.3) is 0 Å². The van der Waals surface area contributed by atoms with Crippen molar-refractivity contribution in [3.8, 4) is 0 Å². The Bertz CT molecular complexity index is 832. The molecule has 170 valence electrons. The van der Waals surface area contributed by atoms with Gasteiger partial charge in [-0.15, -0.1) is 0 Å². The van der Waals surface area contributed by atoms with Gasteiger partial charge in [0.05, 0.1) is 0 Å². The average molecular weight is 430 g/mol. The zero-order chi connectivity index (χ0) is 22.8. The van der Waals surface area contributed by atoms with Crippen molar-refractivity contribution in [3.05, 3.63) is 29.8 Å². The summed E-state index contributed by atoms with van der Waals surface area (Å²) in [7, 11) is 1.74. The van der Waals surface area contributed by atoms with Crippen molar-refractivity contribution in [2.24, 2.45) is 17.8 Å². The number of carbonyl (C=O) groups is 3. The molecule has 0 spiro atoms. The molecule has 1 aliphatic carbocycles. The maximum atomic E-state index is 13.1. The van der Waals surface area contributed by atoms with Gasteiger partial charge in [0.15, 0.2) is 0 Å². The maximum absolute atomic E-state index is 13.1. The van der Waals surface area contributed by atoms with Crippen molar-refractivity contribution < 1.29 is 19.1 Å². The summed E-state index contributed by atoms with van der Waals surface area (Å²) >= 11 is 0. The summed E-state index contributed by atoms with van der Waals surface area (Å²) in [5.74, 6) is 0.716. The number of nitrogens with zero attached hydrogens (tertiary/aromatic N) is 2. The van der Waals surface area contributed by atoms with Crippen LogP contribution in [-0.2, 0) is 9.53 Å². The van der Waals surface area contributed by atoms with E-state index in [0.29, 0.717) is 36.8 Å². The number of carbonyl (C=O) groups excluding carboxylic acids is 3. The Morgan fingerprint density at radius 2 is 1.97 bits per heavy atom. The standard InChI is InChI=1S/C24H35N3O4/c1-16-12-20(16)21(28)25-19-10-6-9-18(13-19)22(29)27-11-7-8-17(15-27)14-26(5)23(30)31-24(2,3)4/h6,9-10,13,16-17,20H,7-8,11-12,14-15H2,1-5H3,(H,25,28). The first-order chi connectivity index (χ1) is 14.5. The number of piperidine rings is 1. The maximum Gasteiger partial charge on any atom is 0.410 e. The zero-order valence-corrected chi connectivity index (χ0v) is 19.3. The van der Waals surface area contributed by atoms with Crippen LogP contribution in [0.3, 0.4) is 0 Å². The summed E-state index contributed by atoms with van der Waals surface area (Å²) in [6.07, 6.45) is 2.45. The smallest absolute Gasteiger partial charge is 0.410 e. The number of nitrogens with one attached hydrogen (secondary N) is 1. The molecule has 2 aliphatic rings. The second-order valence-electron chi connectivity index (χ2n) is 10.0. The molecule has 3 unspecified atom stereocenters. The normalized spacial score (nSPS) is 23.1. The lowest BCUT2D eigenvalue weighted by Gasteiger charge is -2.35. The minimum Gasteiger partial charge on any atom is -0.444 e. The van der Waals surface area contributed by atoms with E-state index in [1.807, 2.05) is 31.7 Å². The van der Waals surface area contributed by atoms with Gasteiger partial charge in [0.25, 0.3) is 5.91 Å². The van der Waals surface area contributed by atoms with E-state index < -0.39 is 5.60 Å². The molecule has 0 radical (unpaired) electrons. The molecule has 1 saturated carbocycles. The zero-order valence-electron chi connectivity index (χ0n) is 19.3. The first-order valence-electron chi connectivity index (χ1n) is 11.2. The molecule has 0 aromatic heterocycles. The Hall–Kier alpha value is -2.57. The van der Waals surface area contributed by atoms with Gasteiger partial charge in [0.1, 0.15) is 5.60 Å². The molecule has 7 heteroatoms. The number of hydrogen-bond acceptors (Lipinski definition) is 4. The highest BCUT2D eigenvalue weighted by atomic mass is 16.6. The molecule has 1 heterocycles. The van der Waals surface area contributed by atoms with Gasteiger partial charge in [-0.25, -0.2) is 4.79 Å². The second-order valence-corrected chi connectivity index (χ2v) is 10.0. The Morgan fingerprint density at radius 1 is 1.26 bits per heavy atom. The van der Waals surface area contributed by atoms with Crippen molar-refractivity contribution >= 4 is 23.6 Å². The van der Waals surface area contributed by atoms with Crippen molar-refractivity contribution in [1.82, 2.24) is 9.80 Å².